The zero-order valence-electron chi connectivity index (χ0n) is 10.2. The second kappa shape index (κ2) is 6.45. The molecule has 0 aliphatic rings. The minimum atomic E-state index is 0.420. The van der Waals surface area contributed by atoms with E-state index in [1.165, 1.54) is 0 Å². The highest BCUT2D eigenvalue weighted by molar-refractivity contribution is 5.78. The normalized spacial score (nSPS) is 10.5. The summed E-state index contributed by atoms with van der Waals surface area (Å²) in [7, 11) is 1.64. The maximum atomic E-state index is 5.17. The average molecular weight is 240 g/mol. The first-order valence-electron chi connectivity index (χ1n) is 5.64. The molecule has 3 nitrogen and oxygen atoms in total. The van der Waals surface area contributed by atoms with Crippen LogP contribution in [-0.4, -0.2) is 13.3 Å². The highest BCUT2D eigenvalue weighted by Gasteiger charge is 1.94. The fraction of sp³-hybridized carbons (Fsp3) is 0.133. The molecule has 0 amide bonds. The Kier molecular flexibility index (Phi) is 4.36. The molecule has 0 bridgehead atoms. The van der Waals surface area contributed by atoms with Crippen LogP contribution >= 0.6 is 0 Å². The topological polar surface area (TPSA) is 30.8 Å². The highest BCUT2D eigenvalue weighted by Crippen LogP contribution is 2.11. The van der Waals surface area contributed by atoms with Crippen molar-refractivity contribution >= 4 is 6.21 Å². The van der Waals surface area contributed by atoms with Crippen molar-refractivity contribution in [2.24, 2.45) is 5.16 Å². The predicted octanol–water partition coefficient (Wildman–Crippen LogP) is 3.12. The van der Waals surface area contributed by atoms with Gasteiger partial charge in [-0.1, -0.05) is 47.6 Å². The van der Waals surface area contributed by atoms with Crippen LogP contribution in [0.3, 0.4) is 0 Å². The molecule has 2 aromatic carbocycles. The number of hydrogen-bond donors (Lipinski definition) is 0. The Morgan fingerprint density at radius 3 is 2.39 bits per heavy atom. The first-order chi connectivity index (χ1) is 8.88. The van der Waals surface area contributed by atoms with Crippen LogP contribution in [0.15, 0.2) is 59.8 Å². The lowest BCUT2D eigenvalue weighted by Gasteiger charge is -2.01. The van der Waals surface area contributed by atoms with Gasteiger partial charge in [-0.2, -0.15) is 0 Å². The van der Waals surface area contributed by atoms with Crippen LogP contribution in [0, 0.1) is 0 Å². The zero-order chi connectivity index (χ0) is 12.6. The Morgan fingerprint density at radius 1 is 1.00 bits per heavy atom. The Labute approximate surface area is 107 Å². The summed E-state index contributed by atoms with van der Waals surface area (Å²) in [5.41, 5.74) is 1.93. The van der Waals surface area contributed by atoms with Gasteiger partial charge >= 0.3 is 0 Å². The van der Waals surface area contributed by atoms with Gasteiger partial charge in [0, 0.05) is 5.56 Å². The molecule has 0 fully saturated rings. The molecule has 0 spiro atoms. The van der Waals surface area contributed by atoms with Crippen LogP contribution in [0.5, 0.6) is 5.75 Å². The lowest BCUT2D eigenvalue weighted by Crippen LogP contribution is -1.89. The highest BCUT2D eigenvalue weighted by atomic mass is 16.6. The molecule has 0 aromatic heterocycles. The van der Waals surface area contributed by atoms with Crippen molar-refractivity contribution in [2.45, 2.75) is 6.61 Å². The maximum Gasteiger partial charge on any atom is 0.142 e. The van der Waals surface area contributed by atoms with Crippen molar-refractivity contribution in [1.29, 1.82) is 0 Å². The first kappa shape index (κ1) is 12.2. The molecule has 2 aromatic rings. The molecule has 91 valence electrons. The molecule has 1 radical (unpaired) electrons. The molecule has 2 rings (SSSR count). The third-order valence-corrected chi connectivity index (χ3v) is 2.40. The fourth-order valence-corrected chi connectivity index (χ4v) is 1.43. The van der Waals surface area contributed by atoms with Gasteiger partial charge in [-0.25, -0.2) is 0 Å². The van der Waals surface area contributed by atoms with E-state index >= 15 is 0 Å². The first-order valence-corrected chi connectivity index (χ1v) is 5.64. The third-order valence-electron chi connectivity index (χ3n) is 2.40. The van der Waals surface area contributed by atoms with E-state index in [9.17, 15) is 0 Å². The largest absolute Gasteiger partial charge is 0.497 e. The molecule has 0 N–H and O–H groups in total. The van der Waals surface area contributed by atoms with Gasteiger partial charge in [0.15, 0.2) is 0 Å². The molecule has 0 atom stereocenters. The van der Waals surface area contributed by atoms with E-state index in [1.54, 1.807) is 7.11 Å². The van der Waals surface area contributed by atoms with Gasteiger partial charge in [-0.05, 0) is 17.7 Å². The quantitative estimate of drug-likeness (QED) is 0.594. The van der Waals surface area contributed by atoms with E-state index in [0.29, 0.717) is 6.61 Å². The molecule has 0 saturated heterocycles. The Morgan fingerprint density at radius 2 is 1.72 bits per heavy atom. The molecule has 0 aliphatic carbocycles. The molecular formula is C15H14NO2. The predicted molar refractivity (Wildman–Crippen MR) is 70.8 cm³/mol. The van der Waals surface area contributed by atoms with Crippen LogP contribution in [0.4, 0.5) is 0 Å². The van der Waals surface area contributed by atoms with Crippen molar-refractivity contribution in [3.63, 3.8) is 0 Å². The van der Waals surface area contributed by atoms with Crippen molar-refractivity contribution in [2.75, 3.05) is 7.11 Å². The summed E-state index contributed by atoms with van der Waals surface area (Å²) in [6.45, 7) is 0.420. The summed E-state index contributed by atoms with van der Waals surface area (Å²) in [5.74, 6) is 0.832. The molecule has 0 aliphatic heterocycles. The number of rotatable bonds is 5. The maximum absolute atomic E-state index is 5.17. The van der Waals surface area contributed by atoms with Gasteiger partial charge in [0.05, 0.1) is 7.11 Å². The second-order valence-corrected chi connectivity index (χ2v) is 3.69. The van der Waals surface area contributed by atoms with E-state index in [0.717, 1.165) is 16.9 Å². The third kappa shape index (κ3) is 3.63. The standard InChI is InChI=1S/C15H14NO2/c1-17-15-9-7-14(8-10-15)12-18-16-11-13-5-3-2-4-6-13/h2-10H,12H2,1H3. The van der Waals surface area contributed by atoms with Gasteiger partial charge in [0.1, 0.15) is 18.6 Å². The van der Waals surface area contributed by atoms with Gasteiger partial charge in [0.2, 0.25) is 0 Å². The van der Waals surface area contributed by atoms with Gasteiger partial charge in [0.25, 0.3) is 0 Å². The van der Waals surface area contributed by atoms with Crippen LogP contribution in [0.2, 0.25) is 0 Å². The zero-order valence-corrected chi connectivity index (χ0v) is 10.2. The molecule has 18 heavy (non-hydrogen) atoms. The molecule has 0 heterocycles. The van der Waals surface area contributed by atoms with Crippen LogP contribution in [0.1, 0.15) is 11.1 Å². The van der Waals surface area contributed by atoms with Crippen LogP contribution in [-0.2, 0) is 11.4 Å². The molecule has 3 heteroatoms. The van der Waals surface area contributed by atoms with Crippen LogP contribution in [0.25, 0.3) is 0 Å². The summed E-state index contributed by atoms with van der Waals surface area (Å²) >= 11 is 0. The number of nitrogens with zero attached hydrogens (tertiary/aromatic N) is 1. The molecule has 0 unspecified atom stereocenters. The van der Waals surface area contributed by atoms with Crippen molar-refractivity contribution in [1.82, 2.24) is 0 Å². The monoisotopic (exact) mass is 240 g/mol. The smallest absolute Gasteiger partial charge is 0.142 e. The molecule has 0 saturated carbocycles. The van der Waals surface area contributed by atoms with Gasteiger partial charge in [-0.15, -0.1) is 0 Å². The van der Waals surface area contributed by atoms with Crippen molar-refractivity contribution in [3.05, 3.63) is 65.7 Å². The minimum absolute atomic E-state index is 0.420. The van der Waals surface area contributed by atoms with Crippen molar-refractivity contribution in [3.8, 4) is 5.75 Å². The van der Waals surface area contributed by atoms with Gasteiger partial charge < -0.3 is 9.57 Å². The lowest BCUT2D eigenvalue weighted by atomic mass is 10.2. The van der Waals surface area contributed by atoms with Gasteiger partial charge in [-0.3, -0.25) is 0 Å². The van der Waals surface area contributed by atoms with Crippen LogP contribution < -0.4 is 4.74 Å². The number of methoxy groups -OCH3 is 1. The second-order valence-electron chi connectivity index (χ2n) is 3.69. The van der Waals surface area contributed by atoms with Crippen molar-refractivity contribution < 1.29 is 9.57 Å². The lowest BCUT2D eigenvalue weighted by molar-refractivity contribution is 0.132. The number of benzene rings is 2. The number of hydrogen-bond acceptors (Lipinski definition) is 3. The summed E-state index contributed by atoms with van der Waals surface area (Å²) in [5, 5.41) is 3.80. The summed E-state index contributed by atoms with van der Waals surface area (Å²) < 4.78 is 5.08. The average Bonchev–Trinajstić information content (AvgIpc) is 2.45. The Balaban J connectivity index is 1.83. The summed E-state index contributed by atoms with van der Waals surface area (Å²) in [6.07, 6.45) is 2.82. The summed E-state index contributed by atoms with van der Waals surface area (Å²) in [4.78, 5) is 5.17. The minimum Gasteiger partial charge on any atom is -0.497 e. The van der Waals surface area contributed by atoms with E-state index in [1.807, 2.05) is 54.6 Å². The molecular weight excluding hydrogens is 226 g/mol. The Hall–Kier alpha value is -2.29. The number of ether oxygens (including phenoxy) is 1. The van der Waals surface area contributed by atoms with E-state index in [-0.39, 0.29) is 0 Å². The fourth-order valence-electron chi connectivity index (χ4n) is 1.43. The van der Waals surface area contributed by atoms with E-state index in [4.69, 9.17) is 9.57 Å². The summed E-state index contributed by atoms with van der Waals surface area (Å²) in [6, 6.07) is 17.3. The Bertz CT molecular complexity index is 492. The SMILES string of the molecule is COc1ccc(CO/N=[C]\c2ccccc2)cc1. The van der Waals surface area contributed by atoms with E-state index < -0.39 is 0 Å². The van der Waals surface area contributed by atoms with E-state index in [2.05, 4.69) is 11.4 Å².